The molecule has 2 aromatic rings. The van der Waals surface area contributed by atoms with E-state index in [2.05, 4.69) is 12.2 Å². The Balaban J connectivity index is 2.28. The van der Waals surface area contributed by atoms with Gasteiger partial charge in [0.15, 0.2) is 0 Å². The minimum Gasteiger partial charge on any atom is -0.354 e. The summed E-state index contributed by atoms with van der Waals surface area (Å²) in [5.74, 6) is -0.304. The molecule has 0 bridgehead atoms. The molecule has 1 atom stereocenters. The van der Waals surface area contributed by atoms with Gasteiger partial charge < -0.3 is 10.2 Å². The number of carbonyl (C=O) groups is 2. The molecule has 0 aromatic heterocycles. The summed E-state index contributed by atoms with van der Waals surface area (Å²) in [5.41, 5.74) is 1.57. The van der Waals surface area contributed by atoms with E-state index in [-0.39, 0.29) is 24.8 Å². The van der Waals surface area contributed by atoms with Crippen LogP contribution in [-0.4, -0.2) is 29.3 Å². The number of nitrogens with zero attached hydrogens (tertiary/aromatic N) is 1. The first kappa shape index (κ1) is 24.5. The van der Waals surface area contributed by atoms with Gasteiger partial charge in [0.1, 0.15) is 6.04 Å². The smallest absolute Gasteiger partial charge is 0.242 e. The van der Waals surface area contributed by atoms with Crippen LogP contribution in [0, 0.1) is 0 Å². The van der Waals surface area contributed by atoms with Crippen molar-refractivity contribution < 1.29 is 9.59 Å². The average molecular weight is 470 g/mol. The fourth-order valence-electron chi connectivity index (χ4n) is 3.14. The van der Waals surface area contributed by atoms with E-state index in [9.17, 15) is 9.59 Å². The summed E-state index contributed by atoms with van der Waals surface area (Å²) in [4.78, 5) is 27.7. The van der Waals surface area contributed by atoms with Crippen LogP contribution in [0.25, 0.3) is 0 Å². The maximum Gasteiger partial charge on any atom is 0.242 e. The van der Waals surface area contributed by atoms with Crippen molar-refractivity contribution in [1.29, 1.82) is 0 Å². The summed E-state index contributed by atoms with van der Waals surface area (Å²) < 4.78 is 0. The van der Waals surface area contributed by atoms with Crippen LogP contribution >= 0.6 is 34.8 Å². The second-order valence-electron chi connectivity index (χ2n) is 7.13. The third kappa shape index (κ3) is 7.19. The minimum atomic E-state index is -0.589. The summed E-state index contributed by atoms with van der Waals surface area (Å²) in [6.45, 7) is 4.78. The van der Waals surface area contributed by atoms with Crippen molar-refractivity contribution in [3.05, 3.63) is 68.7 Å². The first-order valence-electron chi connectivity index (χ1n) is 10.1. The quantitative estimate of drug-likeness (QED) is 0.440. The number of nitrogens with one attached hydrogen (secondary N) is 1. The van der Waals surface area contributed by atoms with Crippen LogP contribution < -0.4 is 5.32 Å². The lowest BCUT2D eigenvalue weighted by Gasteiger charge is -2.31. The SMILES string of the molecule is CCCCNC(=O)C(CC)N(Cc1ccc(Cl)cc1Cl)C(=O)Cc1ccc(Cl)cc1. The molecule has 2 aromatic carbocycles. The van der Waals surface area contributed by atoms with Crippen molar-refractivity contribution in [2.24, 2.45) is 0 Å². The molecule has 0 aliphatic rings. The Hall–Kier alpha value is -1.75. The number of carbonyl (C=O) groups excluding carboxylic acids is 2. The Bertz CT molecular complexity index is 856. The average Bonchev–Trinajstić information content (AvgIpc) is 2.71. The van der Waals surface area contributed by atoms with Crippen LogP contribution in [0.2, 0.25) is 15.1 Å². The highest BCUT2D eigenvalue weighted by Gasteiger charge is 2.29. The van der Waals surface area contributed by atoms with Crippen LogP contribution in [0.5, 0.6) is 0 Å². The van der Waals surface area contributed by atoms with Crippen molar-refractivity contribution in [1.82, 2.24) is 10.2 Å². The maximum atomic E-state index is 13.3. The normalized spacial score (nSPS) is 11.8. The second-order valence-corrected chi connectivity index (χ2v) is 8.41. The van der Waals surface area contributed by atoms with Gasteiger partial charge in [0.2, 0.25) is 11.8 Å². The van der Waals surface area contributed by atoms with E-state index >= 15 is 0 Å². The number of rotatable bonds is 10. The topological polar surface area (TPSA) is 49.4 Å². The zero-order chi connectivity index (χ0) is 22.1. The standard InChI is InChI=1S/C23H27Cl3N2O2/c1-3-5-12-27-23(30)21(4-2)28(15-17-8-11-19(25)14-20(17)26)22(29)13-16-6-9-18(24)10-7-16/h6-11,14,21H,3-5,12-13,15H2,1-2H3,(H,27,30). The molecule has 0 saturated carbocycles. The number of amides is 2. The van der Waals surface area contributed by atoms with Gasteiger partial charge in [-0.3, -0.25) is 9.59 Å². The van der Waals surface area contributed by atoms with Crippen molar-refractivity contribution >= 4 is 46.6 Å². The monoisotopic (exact) mass is 468 g/mol. The van der Waals surface area contributed by atoms with Crippen molar-refractivity contribution in [3.8, 4) is 0 Å². The minimum absolute atomic E-state index is 0.152. The van der Waals surface area contributed by atoms with Crippen LogP contribution in [0.1, 0.15) is 44.2 Å². The maximum absolute atomic E-state index is 13.3. The third-order valence-corrected chi connectivity index (χ3v) is 5.68. The number of hydrogen-bond acceptors (Lipinski definition) is 2. The van der Waals surface area contributed by atoms with Crippen LogP contribution in [0.15, 0.2) is 42.5 Å². The van der Waals surface area contributed by atoms with Gasteiger partial charge >= 0.3 is 0 Å². The zero-order valence-electron chi connectivity index (χ0n) is 17.3. The van der Waals surface area contributed by atoms with E-state index in [4.69, 9.17) is 34.8 Å². The van der Waals surface area contributed by atoms with Crippen molar-refractivity contribution in [2.75, 3.05) is 6.54 Å². The molecular weight excluding hydrogens is 443 g/mol. The molecule has 2 amide bonds. The lowest BCUT2D eigenvalue weighted by atomic mass is 10.1. The molecule has 4 nitrogen and oxygen atoms in total. The predicted octanol–water partition coefficient (Wildman–Crippen LogP) is 5.91. The van der Waals surface area contributed by atoms with Gasteiger partial charge in [-0.15, -0.1) is 0 Å². The second kappa shape index (κ2) is 12.2. The first-order chi connectivity index (χ1) is 14.3. The predicted molar refractivity (Wildman–Crippen MR) is 124 cm³/mol. The summed E-state index contributed by atoms with van der Waals surface area (Å²) in [7, 11) is 0. The van der Waals surface area contributed by atoms with Crippen LogP contribution in [0.3, 0.4) is 0 Å². The van der Waals surface area contributed by atoms with Gasteiger partial charge in [-0.05, 0) is 48.2 Å². The highest BCUT2D eigenvalue weighted by molar-refractivity contribution is 6.35. The fourth-order valence-corrected chi connectivity index (χ4v) is 3.73. The molecule has 0 aliphatic carbocycles. The molecule has 0 fully saturated rings. The summed E-state index contributed by atoms with van der Waals surface area (Å²) in [6, 6.07) is 11.7. The molecule has 0 spiro atoms. The molecule has 0 heterocycles. The van der Waals surface area contributed by atoms with Crippen molar-refractivity contribution in [3.63, 3.8) is 0 Å². The summed E-state index contributed by atoms with van der Waals surface area (Å²) >= 11 is 18.3. The van der Waals surface area contributed by atoms with E-state index in [0.717, 1.165) is 24.0 Å². The number of halogens is 3. The van der Waals surface area contributed by atoms with E-state index in [1.807, 2.05) is 19.1 Å². The van der Waals surface area contributed by atoms with E-state index in [0.29, 0.717) is 28.0 Å². The number of hydrogen-bond donors (Lipinski definition) is 1. The molecule has 30 heavy (non-hydrogen) atoms. The molecule has 7 heteroatoms. The van der Waals surface area contributed by atoms with Gasteiger partial charge in [0.25, 0.3) is 0 Å². The zero-order valence-corrected chi connectivity index (χ0v) is 19.5. The van der Waals surface area contributed by atoms with E-state index in [1.54, 1.807) is 35.2 Å². The largest absolute Gasteiger partial charge is 0.354 e. The van der Waals surface area contributed by atoms with Gasteiger partial charge in [-0.25, -0.2) is 0 Å². The Morgan fingerprint density at radius 2 is 1.67 bits per heavy atom. The molecule has 1 unspecified atom stereocenters. The Labute approximate surface area is 193 Å². The Morgan fingerprint density at radius 1 is 1.00 bits per heavy atom. The van der Waals surface area contributed by atoms with Gasteiger partial charge in [0, 0.05) is 28.2 Å². The highest BCUT2D eigenvalue weighted by Crippen LogP contribution is 2.24. The van der Waals surface area contributed by atoms with Crippen molar-refractivity contribution in [2.45, 2.75) is 52.1 Å². The van der Waals surface area contributed by atoms with Crippen LogP contribution in [0.4, 0.5) is 0 Å². The molecule has 0 aliphatic heterocycles. The molecule has 0 saturated heterocycles. The Kier molecular flexibility index (Phi) is 9.96. The van der Waals surface area contributed by atoms with E-state index < -0.39 is 6.04 Å². The lowest BCUT2D eigenvalue weighted by Crippen LogP contribution is -2.49. The number of unbranched alkanes of at least 4 members (excludes halogenated alkanes) is 1. The summed E-state index contributed by atoms with van der Waals surface area (Å²) in [5, 5.41) is 4.54. The molecule has 162 valence electrons. The molecule has 1 N–H and O–H groups in total. The van der Waals surface area contributed by atoms with Crippen LogP contribution in [-0.2, 0) is 22.6 Å². The molecule has 0 radical (unpaired) electrons. The highest BCUT2D eigenvalue weighted by atomic mass is 35.5. The molecular formula is C23H27Cl3N2O2. The fraction of sp³-hybridized carbons (Fsp3) is 0.391. The third-order valence-electron chi connectivity index (χ3n) is 4.84. The first-order valence-corrected chi connectivity index (χ1v) is 11.2. The Morgan fingerprint density at radius 3 is 2.27 bits per heavy atom. The van der Waals surface area contributed by atoms with E-state index in [1.165, 1.54) is 0 Å². The lowest BCUT2D eigenvalue weighted by molar-refractivity contribution is -0.140. The van der Waals surface area contributed by atoms with Gasteiger partial charge in [-0.1, -0.05) is 73.3 Å². The number of benzene rings is 2. The van der Waals surface area contributed by atoms with Gasteiger partial charge in [-0.2, -0.15) is 0 Å². The molecule has 2 rings (SSSR count). The summed E-state index contributed by atoms with van der Waals surface area (Å²) in [6.07, 6.45) is 2.54. The van der Waals surface area contributed by atoms with Gasteiger partial charge in [0.05, 0.1) is 6.42 Å².